The molecule has 0 radical (unpaired) electrons. The molecular weight excluding hydrogens is 176 g/mol. The van der Waals surface area contributed by atoms with Crippen molar-refractivity contribution in [3.63, 3.8) is 0 Å². The van der Waals surface area contributed by atoms with Crippen molar-refractivity contribution in [1.29, 1.82) is 0 Å². The molecule has 0 bridgehead atoms. The van der Waals surface area contributed by atoms with Gasteiger partial charge >= 0.3 is 0 Å². The van der Waals surface area contributed by atoms with Crippen molar-refractivity contribution in [3.05, 3.63) is 12.7 Å². The summed E-state index contributed by atoms with van der Waals surface area (Å²) in [4.78, 5) is 0. The van der Waals surface area contributed by atoms with Crippen LogP contribution in [0.25, 0.3) is 0 Å². The third-order valence-corrected chi connectivity index (χ3v) is 3.50. The van der Waals surface area contributed by atoms with Gasteiger partial charge in [-0.1, -0.05) is 18.7 Å². The van der Waals surface area contributed by atoms with Crippen LogP contribution in [0.1, 0.15) is 20.3 Å². The Balaban J connectivity index is 2.80. The van der Waals surface area contributed by atoms with Crippen LogP contribution in [0.4, 0.5) is 0 Å². The van der Waals surface area contributed by atoms with Crippen molar-refractivity contribution in [1.82, 2.24) is 0 Å². The lowest BCUT2D eigenvalue weighted by atomic mass is 9.90. The molecule has 1 rings (SSSR count). The second-order valence-electron chi connectivity index (χ2n) is 4.68. The van der Waals surface area contributed by atoms with E-state index in [4.69, 9.17) is 5.21 Å². The van der Waals surface area contributed by atoms with Crippen LogP contribution < -0.4 is 0 Å². The Hall–Kier alpha value is -0.830. The summed E-state index contributed by atoms with van der Waals surface area (Å²) in [6.07, 6.45) is 2.87. The van der Waals surface area contributed by atoms with Crippen LogP contribution in [0.3, 0.4) is 0 Å². The molecule has 0 aromatic carbocycles. The number of hydrogen-bond donors (Lipinski definition) is 1. The number of likely N-dealkylation sites (N-methyl/N-ethyl adjacent to an activating group) is 1. The molecule has 1 fully saturated rings. The fourth-order valence-corrected chi connectivity index (χ4v) is 2.32. The van der Waals surface area contributed by atoms with Gasteiger partial charge in [0.1, 0.15) is 0 Å². The Bertz CT molecular complexity index is 250. The minimum absolute atomic E-state index is 0.376. The van der Waals surface area contributed by atoms with Crippen LogP contribution in [0.15, 0.2) is 17.8 Å². The normalized spacial score (nSPS) is 41.2. The number of likely N-dealkylation sites (tertiary alicyclic amines) is 1. The van der Waals surface area contributed by atoms with Crippen LogP contribution in [0, 0.1) is 5.92 Å². The Morgan fingerprint density at radius 3 is 2.79 bits per heavy atom. The highest BCUT2D eigenvalue weighted by Gasteiger charge is 2.38. The van der Waals surface area contributed by atoms with E-state index in [1.54, 1.807) is 0 Å². The van der Waals surface area contributed by atoms with Crippen LogP contribution in [-0.2, 0) is 0 Å². The van der Waals surface area contributed by atoms with Gasteiger partial charge in [-0.2, -0.15) is 0 Å². The quantitative estimate of drug-likeness (QED) is 0.312. The largest absolute Gasteiger partial charge is 0.411 e. The van der Waals surface area contributed by atoms with E-state index in [0.717, 1.165) is 29.7 Å². The standard InChI is InChI=1S/C11H20N2O/c1-5-6-13(4)8-9(2)11(12-14)7-10(13)3/h5,9-10H,1,6-8H2,2-4H3/p+1/t9-,10+,13+/m0/s1. The predicted octanol–water partition coefficient (Wildman–Crippen LogP) is 1.88. The van der Waals surface area contributed by atoms with Gasteiger partial charge in [0.15, 0.2) is 0 Å². The molecule has 80 valence electrons. The van der Waals surface area contributed by atoms with E-state index in [0.29, 0.717) is 12.0 Å². The van der Waals surface area contributed by atoms with Crippen molar-refractivity contribution < 1.29 is 9.69 Å². The van der Waals surface area contributed by atoms with Gasteiger partial charge in [-0.3, -0.25) is 0 Å². The molecule has 0 spiro atoms. The van der Waals surface area contributed by atoms with Gasteiger partial charge in [-0.05, 0) is 13.0 Å². The van der Waals surface area contributed by atoms with E-state index in [1.165, 1.54) is 0 Å². The van der Waals surface area contributed by atoms with Gasteiger partial charge < -0.3 is 9.69 Å². The summed E-state index contributed by atoms with van der Waals surface area (Å²) in [5.41, 5.74) is 0.942. The summed E-state index contributed by atoms with van der Waals surface area (Å²) in [7, 11) is 2.25. The van der Waals surface area contributed by atoms with Gasteiger partial charge in [-0.15, -0.1) is 0 Å². The SMILES string of the molecule is C=CC[N@+]1(C)C[C@H](C)C(=NO)C[C@H]1C. The van der Waals surface area contributed by atoms with E-state index < -0.39 is 0 Å². The molecule has 0 amide bonds. The summed E-state index contributed by atoms with van der Waals surface area (Å²) < 4.78 is 1.00. The lowest BCUT2D eigenvalue weighted by Crippen LogP contribution is -2.58. The van der Waals surface area contributed by atoms with Gasteiger partial charge in [-0.25, -0.2) is 0 Å². The monoisotopic (exact) mass is 197 g/mol. The molecule has 14 heavy (non-hydrogen) atoms. The average molecular weight is 197 g/mol. The average Bonchev–Trinajstić information content (AvgIpc) is 2.11. The molecule has 0 aromatic rings. The molecule has 3 heteroatoms. The number of oxime groups is 1. The molecule has 3 nitrogen and oxygen atoms in total. The molecule has 1 saturated heterocycles. The second kappa shape index (κ2) is 4.13. The zero-order valence-electron chi connectivity index (χ0n) is 9.40. The summed E-state index contributed by atoms with van der Waals surface area (Å²) in [5.74, 6) is 0.376. The molecule has 0 unspecified atom stereocenters. The Labute approximate surface area is 86.3 Å². The summed E-state index contributed by atoms with van der Waals surface area (Å²) >= 11 is 0. The van der Waals surface area contributed by atoms with Gasteiger partial charge in [0.2, 0.25) is 0 Å². The van der Waals surface area contributed by atoms with Gasteiger partial charge in [0.25, 0.3) is 0 Å². The maximum atomic E-state index is 8.84. The number of quaternary nitrogens is 1. The summed E-state index contributed by atoms with van der Waals surface area (Å²) in [6, 6.07) is 0.509. The minimum Gasteiger partial charge on any atom is -0.411 e. The summed E-state index contributed by atoms with van der Waals surface area (Å²) in [5, 5.41) is 12.2. The van der Waals surface area contributed by atoms with Crippen molar-refractivity contribution in [2.45, 2.75) is 26.3 Å². The number of hydrogen-bond acceptors (Lipinski definition) is 2. The second-order valence-corrected chi connectivity index (χ2v) is 4.68. The van der Waals surface area contributed by atoms with Crippen LogP contribution in [0.2, 0.25) is 0 Å². The first kappa shape index (κ1) is 11.2. The third-order valence-electron chi connectivity index (χ3n) is 3.50. The molecule has 1 N–H and O–H groups in total. The lowest BCUT2D eigenvalue weighted by Gasteiger charge is -2.45. The highest BCUT2D eigenvalue weighted by Crippen LogP contribution is 2.25. The molecule has 1 heterocycles. The Kier molecular flexibility index (Phi) is 3.32. The first-order valence-corrected chi connectivity index (χ1v) is 5.19. The zero-order valence-corrected chi connectivity index (χ0v) is 9.40. The first-order valence-electron chi connectivity index (χ1n) is 5.19. The first-order chi connectivity index (χ1) is 6.53. The maximum absolute atomic E-state index is 8.84. The van der Waals surface area contributed by atoms with Crippen molar-refractivity contribution in [2.75, 3.05) is 20.1 Å². The smallest absolute Gasteiger partial charge is 0.0971 e. The van der Waals surface area contributed by atoms with Crippen molar-refractivity contribution in [2.24, 2.45) is 11.1 Å². The van der Waals surface area contributed by atoms with Crippen LogP contribution in [0.5, 0.6) is 0 Å². The van der Waals surface area contributed by atoms with Gasteiger partial charge in [0, 0.05) is 12.3 Å². The van der Waals surface area contributed by atoms with E-state index >= 15 is 0 Å². The number of nitrogens with zero attached hydrogens (tertiary/aromatic N) is 2. The highest BCUT2D eigenvalue weighted by molar-refractivity contribution is 5.86. The zero-order chi connectivity index (χ0) is 10.8. The predicted molar refractivity (Wildman–Crippen MR) is 58.6 cm³/mol. The van der Waals surface area contributed by atoms with Crippen LogP contribution >= 0.6 is 0 Å². The Morgan fingerprint density at radius 1 is 1.64 bits per heavy atom. The van der Waals surface area contributed by atoms with E-state index in [1.807, 2.05) is 6.08 Å². The molecule has 1 aliphatic rings. The molecule has 1 aliphatic heterocycles. The lowest BCUT2D eigenvalue weighted by molar-refractivity contribution is -0.930. The van der Waals surface area contributed by atoms with Crippen molar-refractivity contribution in [3.8, 4) is 0 Å². The molecule has 0 aromatic heterocycles. The number of rotatable bonds is 2. The van der Waals surface area contributed by atoms with E-state index in [-0.39, 0.29) is 0 Å². The maximum Gasteiger partial charge on any atom is 0.0971 e. The minimum atomic E-state index is 0.376. The molecule has 0 aliphatic carbocycles. The third kappa shape index (κ3) is 1.98. The molecule has 0 saturated carbocycles. The number of piperidine rings is 1. The molecular formula is C11H21N2O+. The Morgan fingerprint density at radius 2 is 2.29 bits per heavy atom. The topological polar surface area (TPSA) is 32.6 Å². The van der Waals surface area contributed by atoms with Gasteiger partial charge in [0.05, 0.1) is 31.9 Å². The molecule has 3 atom stereocenters. The fourth-order valence-electron chi connectivity index (χ4n) is 2.32. The van der Waals surface area contributed by atoms with E-state index in [9.17, 15) is 0 Å². The fraction of sp³-hybridized carbons (Fsp3) is 0.727. The van der Waals surface area contributed by atoms with Crippen LogP contribution in [-0.4, -0.2) is 41.6 Å². The van der Waals surface area contributed by atoms with E-state index in [2.05, 4.69) is 32.6 Å². The highest BCUT2D eigenvalue weighted by atomic mass is 16.4. The van der Waals surface area contributed by atoms with Crippen molar-refractivity contribution >= 4 is 5.71 Å². The summed E-state index contributed by atoms with van der Waals surface area (Å²) in [6.45, 7) is 10.2.